The van der Waals surface area contributed by atoms with E-state index in [1.54, 1.807) is 12.1 Å². The van der Waals surface area contributed by atoms with Gasteiger partial charge in [0.15, 0.2) is 5.11 Å². The molecule has 0 unspecified atom stereocenters. The molecule has 2 rings (SSSR count). The number of nitrogens with zero attached hydrogens (tertiary/aromatic N) is 1. The van der Waals surface area contributed by atoms with E-state index in [1.807, 2.05) is 12.3 Å². The van der Waals surface area contributed by atoms with Gasteiger partial charge in [-0.25, -0.2) is 9.37 Å². The van der Waals surface area contributed by atoms with Crippen molar-refractivity contribution in [3.05, 3.63) is 51.7 Å². The first-order chi connectivity index (χ1) is 10.5. The number of hydrazine groups is 1. The Morgan fingerprint density at radius 3 is 2.68 bits per heavy atom. The first-order valence-electron chi connectivity index (χ1n) is 6.51. The summed E-state index contributed by atoms with van der Waals surface area (Å²) in [5.41, 5.74) is 6.90. The van der Waals surface area contributed by atoms with E-state index in [4.69, 9.17) is 12.2 Å². The van der Waals surface area contributed by atoms with Gasteiger partial charge >= 0.3 is 0 Å². The SMILES string of the molecule is Cc1csc(CC(=O)NNC(=S)NCc2ccc(F)cc2)n1. The smallest absolute Gasteiger partial charge is 0.245 e. The maximum absolute atomic E-state index is 12.8. The molecule has 3 N–H and O–H groups in total. The molecule has 0 atom stereocenters. The third kappa shape index (κ3) is 5.38. The summed E-state index contributed by atoms with van der Waals surface area (Å²) in [4.78, 5) is 15.9. The molecule has 0 fully saturated rings. The molecular weight excluding hydrogens is 323 g/mol. The minimum absolute atomic E-state index is 0.200. The Balaban J connectivity index is 1.68. The van der Waals surface area contributed by atoms with Crippen LogP contribution in [0.4, 0.5) is 4.39 Å². The summed E-state index contributed by atoms with van der Waals surface area (Å²) >= 11 is 6.48. The number of amides is 1. The lowest BCUT2D eigenvalue weighted by Gasteiger charge is -2.11. The molecule has 1 aromatic carbocycles. The van der Waals surface area contributed by atoms with Gasteiger partial charge in [-0.15, -0.1) is 11.3 Å². The molecule has 0 saturated heterocycles. The van der Waals surface area contributed by atoms with E-state index in [9.17, 15) is 9.18 Å². The average molecular weight is 338 g/mol. The van der Waals surface area contributed by atoms with Crippen LogP contribution in [0.3, 0.4) is 0 Å². The highest BCUT2D eigenvalue weighted by molar-refractivity contribution is 7.80. The molecule has 1 aromatic heterocycles. The zero-order valence-electron chi connectivity index (χ0n) is 11.9. The summed E-state index contributed by atoms with van der Waals surface area (Å²) in [6, 6.07) is 6.08. The second kappa shape index (κ2) is 7.81. The number of carbonyl (C=O) groups excluding carboxylic acids is 1. The number of nitrogens with one attached hydrogen (secondary N) is 3. The molecule has 1 heterocycles. The number of halogens is 1. The number of aryl methyl sites for hydroxylation is 1. The van der Waals surface area contributed by atoms with Gasteiger partial charge in [0.25, 0.3) is 0 Å². The van der Waals surface area contributed by atoms with Crippen LogP contribution in [0.1, 0.15) is 16.3 Å². The van der Waals surface area contributed by atoms with Crippen molar-refractivity contribution in [1.29, 1.82) is 0 Å². The Kier molecular flexibility index (Phi) is 5.79. The van der Waals surface area contributed by atoms with Gasteiger partial charge in [-0.3, -0.25) is 15.6 Å². The Bertz CT molecular complexity index is 657. The largest absolute Gasteiger partial charge is 0.357 e. The number of hydrogen-bond acceptors (Lipinski definition) is 4. The molecule has 8 heteroatoms. The molecule has 0 radical (unpaired) electrons. The van der Waals surface area contributed by atoms with Gasteiger partial charge in [-0.05, 0) is 36.8 Å². The predicted octanol–water partition coefficient (Wildman–Crippen LogP) is 1.83. The van der Waals surface area contributed by atoms with E-state index in [2.05, 4.69) is 21.2 Å². The van der Waals surface area contributed by atoms with Crippen molar-refractivity contribution >= 4 is 34.6 Å². The second-order valence-corrected chi connectivity index (χ2v) is 5.89. The van der Waals surface area contributed by atoms with Gasteiger partial charge < -0.3 is 5.32 Å². The molecule has 0 aliphatic carbocycles. The number of benzene rings is 1. The van der Waals surface area contributed by atoms with Crippen LogP contribution >= 0.6 is 23.6 Å². The van der Waals surface area contributed by atoms with E-state index in [-0.39, 0.29) is 23.3 Å². The van der Waals surface area contributed by atoms with E-state index < -0.39 is 0 Å². The summed E-state index contributed by atoms with van der Waals surface area (Å²) in [5, 5.41) is 5.84. The molecule has 116 valence electrons. The highest BCUT2D eigenvalue weighted by Gasteiger charge is 2.06. The predicted molar refractivity (Wildman–Crippen MR) is 87.7 cm³/mol. The first kappa shape index (κ1) is 16.3. The molecule has 1 amide bonds. The molecule has 22 heavy (non-hydrogen) atoms. The highest BCUT2D eigenvalue weighted by atomic mass is 32.1. The Morgan fingerprint density at radius 2 is 2.05 bits per heavy atom. The van der Waals surface area contributed by atoms with Crippen LogP contribution in [0.5, 0.6) is 0 Å². The Labute approximate surface area is 136 Å². The van der Waals surface area contributed by atoms with Crippen molar-refractivity contribution < 1.29 is 9.18 Å². The highest BCUT2D eigenvalue weighted by Crippen LogP contribution is 2.08. The van der Waals surface area contributed by atoms with Crippen LogP contribution in [0.2, 0.25) is 0 Å². The van der Waals surface area contributed by atoms with Gasteiger partial charge in [0.2, 0.25) is 5.91 Å². The average Bonchev–Trinajstić information content (AvgIpc) is 2.89. The number of carbonyl (C=O) groups is 1. The lowest BCUT2D eigenvalue weighted by Crippen LogP contribution is -2.47. The number of thiazole rings is 1. The standard InChI is InChI=1S/C14H15FN4OS2/c1-9-8-22-13(17-9)6-12(20)18-19-14(21)16-7-10-2-4-11(15)5-3-10/h2-5,8H,6-7H2,1H3,(H,18,20)(H2,16,19,21). The van der Waals surface area contributed by atoms with Crippen LogP contribution < -0.4 is 16.2 Å². The third-order valence-electron chi connectivity index (χ3n) is 2.66. The molecular formula is C14H15FN4OS2. The summed E-state index contributed by atoms with van der Waals surface area (Å²) in [5.74, 6) is -0.505. The van der Waals surface area contributed by atoms with Crippen molar-refractivity contribution in [3.8, 4) is 0 Å². The lowest BCUT2D eigenvalue weighted by molar-refractivity contribution is -0.121. The molecule has 0 saturated carbocycles. The van der Waals surface area contributed by atoms with E-state index in [0.29, 0.717) is 6.54 Å². The fraction of sp³-hybridized carbons (Fsp3) is 0.214. The van der Waals surface area contributed by atoms with Crippen molar-refractivity contribution in [2.75, 3.05) is 0 Å². The monoisotopic (exact) mass is 338 g/mol. The maximum atomic E-state index is 12.8. The van der Waals surface area contributed by atoms with E-state index >= 15 is 0 Å². The summed E-state index contributed by atoms with van der Waals surface area (Å²) in [6.45, 7) is 2.32. The van der Waals surface area contributed by atoms with Crippen LogP contribution in [0, 0.1) is 12.7 Å². The summed E-state index contributed by atoms with van der Waals surface area (Å²) < 4.78 is 12.8. The van der Waals surface area contributed by atoms with Gasteiger partial charge in [0.05, 0.1) is 6.42 Å². The number of hydrogen-bond donors (Lipinski definition) is 3. The number of aromatic nitrogens is 1. The second-order valence-electron chi connectivity index (χ2n) is 4.54. The van der Waals surface area contributed by atoms with E-state index in [0.717, 1.165) is 16.3 Å². The topological polar surface area (TPSA) is 66.1 Å². The van der Waals surface area contributed by atoms with Crippen molar-refractivity contribution in [1.82, 2.24) is 21.2 Å². The lowest BCUT2D eigenvalue weighted by atomic mass is 10.2. The van der Waals surface area contributed by atoms with Crippen LogP contribution in [-0.4, -0.2) is 16.0 Å². The van der Waals surface area contributed by atoms with Gasteiger partial charge in [-0.2, -0.15) is 0 Å². The van der Waals surface area contributed by atoms with Crippen molar-refractivity contribution in [2.45, 2.75) is 19.9 Å². The van der Waals surface area contributed by atoms with Crippen LogP contribution in [-0.2, 0) is 17.8 Å². The number of thiocarbonyl (C=S) groups is 1. The maximum Gasteiger partial charge on any atom is 0.245 e. The van der Waals surface area contributed by atoms with Gasteiger partial charge in [0.1, 0.15) is 10.8 Å². The first-order valence-corrected chi connectivity index (χ1v) is 7.80. The molecule has 0 bridgehead atoms. The normalized spacial score (nSPS) is 10.1. The third-order valence-corrected chi connectivity index (χ3v) is 3.87. The minimum Gasteiger partial charge on any atom is -0.357 e. The molecule has 0 aliphatic rings. The van der Waals surface area contributed by atoms with E-state index in [1.165, 1.54) is 23.5 Å². The van der Waals surface area contributed by atoms with Crippen molar-refractivity contribution in [3.63, 3.8) is 0 Å². The molecule has 0 aliphatic heterocycles. The quantitative estimate of drug-likeness (QED) is 0.586. The summed E-state index contributed by atoms with van der Waals surface area (Å²) in [6.07, 6.45) is 0.200. The zero-order chi connectivity index (χ0) is 15.9. The van der Waals surface area contributed by atoms with Crippen LogP contribution in [0.15, 0.2) is 29.6 Å². The molecule has 5 nitrogen and oxygen atoms in total. The fourth-order valence-corrected chi connectivity index (χ4v) is 2.51. The fourth-order valence-electron chi connectivity index (χ4n) is 1.62. The Morgan fingerprint density at radius 1 is 1.32 bits per heavy atom. The molecule has 0 spiro atoms. The zero-order valence-corrected chi connectivity index (χ0v) is 13.5. The number of rotatable bonds is 4. The minimum atomic E-state index is -0.283. The summed E-state index contributed by atoms with van der Waals surface area (Å²) in [7, 11) is 0. The van der Waals surface area contributed by atoms with Gasteiger partial charge in [0, 0.05) is 17.6 Å². The van der Waals surface area contributed by atoms with Crippen LogP contribution in [0.25, 0.3) is 0 Å². The van der Waals surface area contributed by atoms with Crippen molar-refractivity contribution in [2.24, 2.45) is 0 Å². The van der Waals surface area contributed by atoms with Gasteiger partial charge in [-0.1, -0.05) is 12.1 Å². The Hall–Kier alpha value is -2.06. The molecule has 2 aromatic rings.